The molecule has 0 radical (unpaired) electrons. The third-order valence-electron chi connectivity index (χ3n) is 8.34. The van der Waals surface area contributed by atoms with E-state index in [9.17, 15) is 29.4 Å². The van der Waals surface area contributed by atoms with Crippen LogP contribution >= 0.6 is 0 Å². The van der Waals surface area contributed by atoms with E-state index in [1.807, 2.05) is 6.92 Å². The average Bonchev–Trinajstić information content (AvgIpc) is 3.75. The zero-order valence-corrected chi connectivity index (χ0v) is 26.2. The number of nitrogens with one attached hydrogen (secondary N) is 3. The standard InChI is InChI=1S/C31H55N3O8/c1-6-7-8-9-10-11-12-13-14-15-16-17-23-20(4)26-27(42-26)30(39)33-24(19(2)3)28(37)34-25(21(5)36)29(38)32-22(18-35)31(40)41-23/h19-27,35-36H,6-18H2,1-5H3,(H,32,38)(H,33,39)(H,34,37)/t20-,21-,22+,23-,24+,25+,26-,27+/m1/s1. The second kappa shape index (κ2) is 18.4. The van der Waals surface area contributed by atoms with Crippen molar-refractivity contribution < 1.29 is 38.9 Å². The van der Waals surface area contributed by atoms with Crippen LogP contribution in [0.1, 0.15) is 112 Å². The number of esters is 1. The predicted octanol–water partition coefficient (Wildman–Crippen LogP) is 2.50. The Labute approximate surface area is 251 Å². The molecule has 0 spiro atoms. The molecule has 2 rings (SSSR count). The number of fused-ring (bicyclic) bond motifs is 1. The molecule has 0 aromatic rings. The molecule has 2 saturated heterocycles. The summed E-state index contributed by atoms with van der Waals surface area (Å²) in [6, 6.07) is -3.78. The van der Waals surface area contributed by atoms with E-state index < -0.39 is 72.8 Å². The molecule has 2 heterocycles. The van der Waals surface area contributed by atoms with Gasteiger partial charge in [0.15, 0.2) is 12.1 Å². The minimum atomic E-state index is -1.42. The van der Waals surface area contributed by atoms with Crippen LogP contribution in [-0.4, -0.2) is 83.1 Å². The molecule has 3 amide bonds. The number of carbonyl (C=O) groups excluding carboxylic acids is 4. The Morgan fingerprint density at radius 3 is 1.81 bits per heavy atom. The van der Waals surface area contributed by atoms with Crippen molar-refractivity contribution >= 4 is 23.7 Å². The summed E-state index contributed by atoms with van der Waals surface area (Å²) >= 11 is 0. The molecule has 11 heteroatoms. The molecule has 0 unspecified atom stereocenters. The first-order valence-corrected chi connectivity index (χ1v) is 16.1. The SMILES string of the molecule is CCCCCCCCCCCCC[C@H]1OC(=O)[C@H](CO)NC(=O)[C@H]([C@@H](C)O)NC(=O)[C@H](C(C)C)NC(=O)[C@H]2O[C@@H]2[C@@H]1C. The summed E-state index contributed by atoms with van der Waals surface area (Å²) < 4.78 is 11.5. The lowest BCUT2D eigenvalue weighted by atomic mass is 9.93. The number of hydrogen-bond donors (Lipinski definition) is 5. The van der Waals surface area contributed by atoms with Crippen molar-refractivity contribution in [3.05, 3.63) is 0 Å². The quantitative estimate of drug-likeness (QED) is 0.109. The second-order valence-corrected chi connectivity index (χ2v) is 12.4. The van der Waals surface area contributed by atoms with Crippen LogP contribution in [0, 0.1) is 11.8 Å². The van der Waals surface area contributed by atoms with Crippen molar-refractivity contribution in [1.29, 1.82) is 0 Å². The Hall–Kier alpha value is -2.24. The minimum Gasteiger partial charge on any atom is -0.460 e. The zero-order valence-electron chi connectivity index (χ0n) is 26.2. The van der Waals surface area contributed by atoms with Gasteiger partial charge in [-0.1, -0.05) is 91.9 Å². The first-order valence-electron chi connectivity index (χ1n) is 16.1. The first kappa shape index (κ1) is 36.0. The molecular weight excluding hydrogens is 542 g/mol. The van der Waals surface area contributed by atoms with Gasteiger partial charge in [0, 0.05) is 5.92 Å². The molecular formula is C31H55N3O8. The molecule has 11 nitrogen and oxygen atoms in total. The Balaban J connectivity index is 2.08. The number of epoxide rings is 1. The molecule has 242 valence electrons. The Bertz CT molecular complexity index is 867. The van der Waals surface area contributed by atoms with Gasteiger partial charge < -0.3 is 35.6 Å². The molecule has 2 aliphatic rings. The summed E-state index contributed by atoms with van der Waals surface area (Å²) in [4.78, 5) is 52.1. The molecule has 0 saturated carbocycles. The van der Waals surface area contributed by atoms with Gasteiger partial charge >= 0.3 is 5.97 Å². The lowest BCUT2D eigenvalue weighted by Gasteiger charge is -2.28. The van der Waals surface area contributed by atoms with E-state index in [-0.39, 0.29) is 11.8 Å². The molecule has 0 aromatic heterocycles. The van der Waals surface area contributed by atoms with Gasteiger partial charge in [0.2, 0.25) is 11.8 Å². The maximum atomic E-state index is 13.1. The fraction of sp³-hybridized carbons (Fsp3) is 0.871. The Morgan fingerprint density at radius 2 is 1.29 bits per heavy atom. The maximum Gasteiger partial charge on any atom is 0.331 e. The molecule has 0 aliphatic carbocycles. The molecule has 2 aliphatic heterocycles. The highest BCUT2D eigenvalue weighted by molar-refractivity contribution is 5.95. The highest BCUT2D eigenvalue weighted by atomic mass is 16.6. The van der Waals surface area contributed by atoms with Crippen LogP contribution in [-0.2, 0) is 28.7 Å². The number of aliphatic hydroxyl groups excluding tert-OH is 2. The van der Waals surface area contributed by atoms with Gasteiger partial charge in [-0.3, -0.25) is 14.4 Å². The fourth-order valence-electron chi connectivity index (χ4n) is 5.48. The second-order valence-electron chi connectivity index (χ2n) is 12.4. The van der Waals surface area contributed by atoms with E-state index in [0.29, 0.717) is 6.42 Å². The molecule has 8 atom stereocenters. The number of ether oxygens (including phenoxy) is 2. The van der Waals surface area contributed by atoms with Crippen molar-refractivity contribution in [2.45, 2.75) is 154 Å². The van der Waals surface area contributed by atoms with E-state index in [0.717, 1.165) is 25.7 Å². The Morgan fingerprint density at radius 1 is 0.762 bits per heavy atom. The molecule has 5 N–H and O–H groups in total. The summed E-state index contributed by atoms with van der Waals surface area (Å²) in [6.45, 7) is 8.18. The maximum absolute atomic E-state index is 13.1. The zero-order chi connectivity index (χ0) is 31.2. The highest BCUT2D eigenvalue weighted by Crippen LogP contribution is 2.35. The number of hydrogen-bond acceptors (Lipinski definition) is 8. The topological polar surface area (TPSA) is 167 Å². The van der Waals surface area contributed by atoms with Crippen molar-refractivity contribution in [3.8, 4) is 0 Å². The summed E-state index contributed by atoms with van der Waals surface area (Å²) in [5.74, 6) is -3.43. The number of carbonyl (C=O) groups is 4. The van der Waals surface area contributed by atoms with E-state index in [2.05, 4.69) is 22.9 Å². The third-order valence-corrected chi connectivity index (χ3v) is 8.34. The van der Waals surface area contributed by atoms with Gasteiger partial charge in [-0.15, -0.1) is 0 Å². The van der Waals surface area contributed by atoms with E-state index in [1.54, 1.807) is 13.8 Å². The van der Waals surface area contributed by atoms with Gasteiger partial charge in [-0.05, 0) is 25.7 Å². The van der Waals surface area contributed by atoms with Crippen molar-refractivity contribution in [2.24, 2.45) is 11.8 Å². The lowest BCUT2D eigenvalue weighted by Crippen LogP contribution is -2.60. The van der Waals surface area contributed by atoms with Crippen LogP contribution < -0.4 is 16.0 Å². The van der Waals surface area contributed by atoms with Crippen LogP contribution in [0.2, 0.25) is 0 Å². The highest BCUT2D eigenvalue weighted by Gasteiger charge is 2.52. The number of aliphatic hydroxyl groups is 2. The number of cyclic esters (lactones) is 1. The summed E-state index contributed by atoms with van der Waals surface area (Å²) in [5, 5.41) is 27.7. The van der Waals surface area contributed by atoms with Gasteiger partial charge in [-0.25, -0.2) is 4.79 Å². The van der Waals surface area contributed by atoms with Crippen LogP contribution in [0.25, 0.3) is 0 Å². The summed E-state index contributed by atoms with van der Waals surface area (Å²) in [7, 11) is 0. The number of amides is 3. The van der Waals surface area contributed by atoms with Crippen LogP contribution in [0.4, 0.5) is 0 Å². The summed E-state index contributed by atoms with van der Waals surface area (Å²) in [6.07, 6.45) is 10.3. The lowest BCUT2D eigenvalue weighted by molar-refractivity contribution is -0.157. The van der Waals surface area contributed by atoms with Crippen LogP contribution in [0.15, 0.2) is 0 Å². The van der Waals surface area contributed by atoms with E-state index in [4.69, 9.17) is 9.47 Å². The van der Waals surface area contributed by atoms with Gasteiger partial charge in [0.25, 0.3) is 5.91 Å². The van der Waals surface area contributed by atoms with Gasteiger partial charge in [-0.2, -0.15) is 0 Å². The normalized spacial score (nSPS) is 29.9. The van der Waals surface area contributed by atoms with Crippen LogP contribution in [0.5, 0.6) is 0 Å². The molecule has 0 aromatic carbocycles. The molecule has 2 fully saturated rings. The largest absolute Gasteiger partial charge is 0.460 e. The van der Waals surface area contributed by atoms with E-state index >= 15 is 0 Å². The van der Waals surface area contributed by atoms with E-state index in [1.165, 1.54) is 51.9 Å². The summed E-state index contributed by atoms with van der Waals surface area (Å²) in [5.41, 5.74) is 0. The monoisotopic (exact) mass is 597 g/mol. The average molecular weight is 598 g/mol. The van der Waals surface area contributed by atoms with Crippen molar-refractivity contribution in [3.63, 3.8) is 0 Å². The minimum absolute atomic E-state index is 0.319. The van der Waals surface area contributed by atoms with Gasteiger partial charge in [0.1, 0.15) is 24.3 Å². The smallest absolute Gasteiger partial charge is 0.331 e. The molecule has 0 bridgehead atoms. The van der Waals surface area contributed by atoms with Gasteiger partial charge in [0.05, 0.1) is 12.7 Å². The fourth-order valence-corrected chi connectivity index (χ4v) is 5.48. The number of rotatable bonds is 15. The van der Waals surface area contributed by atoms with Crippen molar-refractivity contribution in [2.75, 3.05) is 6.61 Å². The van der Waals surface area contributed by atoms with Crippen LogP contribution in [0.3, 0.4) is 0 Å². The Kier molecular flexibility index (Phi) is 15.8. The number of unbranched alkanes of at least 4 members (excludes halogenated alkanes) is 10. The molecule has 42 heavy (non-hydrogen) atoms. The third kappa shape index (κ3) is 11.4. The van der Waals surface area contributed by atoms with Crippen molar-refractivity contribution in [1.82, 2.24) is 16.0 Å². The predicted molar refractivity (Wildman–Crippen MR) is 158 cm³/mol. The first-order chi connectivity index (χ1) is 20.0.